The first-order valence-electron chi connectivity index (χ1n) is 7.09. The van der Waals surface area contributed by atoms with Crippen molar-refractivity contribution in [3.05, 3.63) is 35.6 Å². The number of halogens is 1. The summed E-state index contributed by atoms with van der Waals surface area (Å²) in [5.41, 5.74) is 0.255. The fraction of sp³-hybridized carbons (Fsp3) is 0.533. The molecule has 0 radical (unpaired) electrons. The van der Waals surface area contributed by atoms with Gasteiger partial charge >= 0.3 is 0 Å². The predicted molar refractivity (Wildman–Crippen MR) is 74.7 cm³/mol. The van der Waals surface area contributed by atoms with E-state index in [2.05, 4.69) is 5.32 Å². The van der Waals surface area contributed by atoms with Crippen molar-refractivity contribution >= 4 is 5.91 Å². The van der Waals surface area contributed by atoms with E-state index in [1.54, 1.807) is 18.2 Å². The molecule has 1 aliphatic heterocycles. The maximum absolute atomic E-state index is 13.5. The molecule has 0 saturated carbocycles. The van der Waals surface area contributed by atoms with Crippen molar-refractivity contribution in [3.63, 3.8) is 0 Å². The standard InChI is InChI=1S/C15H21FN2O2/c16-13-7-3-2-6-12(13)14(19)10-17-11-15(20)18-8-4-1-5-9-18/h2-3,6-7,14,17,19H,1,4-5,8-11H2. The average Bonchev–Trinajstić information content (AvgIpc) is 2.48. The van der Waals surface area contributed by atoms with Gasteiger partial charge in [0.2, 0.25) is 5.91 Å². The molecule has 20 heavy (non-hydrogen) atoms. The molecule has 1 unspecified atom stereocenters. The quantitative estimate of drug-likeness (QED) is 0.858. The number of hydrogen-bond donors (Lipinski definition) is 2. The second-order valence-corrected chi connectivity index (χ2v) is 5.11. The maximum atomic E-state index is 13.5. The molecule has 1 aromatic rings. The highest BCUT2D eigenvalue weighted by Gasteiger charge is 2.17. The normalized spacial score (nSPS) is 17.0. The Balaban J connectivity index is 1.75. The summed E-state index contributed by atoms with van der Waals surface area (Å²) in [6.45, 7) is 1.98. The molecule has 1 amide bonds. The zero-order valence-electron chi connectivity index (χ0n) is 11.5. The lowest BCUT2D eigenvalue weighted by atomic mass is 10.1. The molecule has 1 heterocycles. The van der Waals surface area contributed by atoms with Crippen LogP contribution in [0.5, 0.6) is 0 Å². The van der Waals surface area contributed by atoms with E-state index in [-0.39, 0.29) is 24.6 Å². The molecule has 1 aromatic carbocycles. The number of nitrogens with zero attached hydrogens (tertiary/aromatic N) is 1. The zero-order valence-corrected chi connectivity index (χ0v) is 11.5. The van der Waals surface area contributed by atoms with Gasteiger partial charge in [0.15, 0.2) is 0 Å². The molecule has 110 valence electrons. The second-order valence-electron chi connectivity index (χ2n) is 5.11. The van der Waals surface area contributed by atoms with E-state index in [0.29, 0.717) is 0 Å². The van der Waals surface area contributed by atoms with E-state index < -0.39 is 11.9 Å². The SMILES string of the molecule is O=C(CNCC(O)c1ccccc1F)N1CCCCC1. The molecule has 0 spiro atoms. The van der Waals surface area contributed by atoms with Gasteiger partial charge in [0.1, 0.15) is 5.82 Å². The van der Waals surface area contributed by atoms with Crippen LogP contribution in [0.4, 0.5) is 4.39 Å². The van der Waals surface area contributed by atoms with E-state index in [1.165, 1.54) is 12.5 Å². The van der Waals surface area contributed by atoms with Crippen LogP contribution < -0.4 is 5.32 Å². The fourth-order valence-electron chi connectivity index (χ4n) is 2.43. The minimum absolute atomic E-state index is 0.0467. The number of nitrogens with one attached hydrogen (secondary N) is 1. The Hall–Kier alpha value is -1.46. The van der Waals surface area contributed by atoms with Crippen LogP contribution in [0.25, 0.3) is 0 Å². The molecule has 5 heteroatoms. The summed E-state index contributed by atoms with van der Waals surface area (Å²) in [6.07, 6.45) is 2.36. The molecule has 0 aliphatic carbocycles. The average molecular weight is 280 g/mol. The summed E-state index contributed by atoms with van der Waals surface area (Å²) in [5.74, 6) is -0.380. The maximum Gasteiger partial charge on any atom is 0.236 e. The first kappa shape index (κ1) is 14.9. The summed E-state index contributed by atoms with van der Waals surface area (Å²) in [5, 5.41) is 12.8. The van der Waals surface area contributed by atoms with Gasteiger partial charge in [-0.05, 0) is 25.3 Å². The Kier molecular flexibility index (Phi) is 5.49. The first-order valence-corrected chi connectivity index (χ1v) is 7.09. The van der Waals surface area contributed by atoms with Crippen LogP contribution in [0.15, 0.2) is 24.3 Å². The van der Waals surface area contributed by atoms with Crippen molar-refractivity contribution in [2.45, 2.75) is 25.4 Å². The predicted octanol–water partition coefficient (Wildman–Crippen LogP) is 1.46. The lowest BCUT2D eigenvalue weighted by Crippen LogP contribution is -2.41. The minimum atomic E-state index is -0.939. The number of amides is 1. The molecule has 4 nitrogen and oxygen atoms in total. The second kappa shape index (κ2) is 7.36. The largest absolute Gasteiger partial charge is 0.387 e. The Morgan fingerprint density at radius 1 is 1.30 bits per heavy atom. The van der Waals surface area contributed by atoms with E-state index in [4.69, 9.17) is 0 Å². The van der Waals surface area contributed by atoms with Crippen LogP contribution in [-0.4, -0.2) is 42.1 Å². The highest BCUT2D eigenvalue weighted by atomic mass is 19.1. The number of aliphatic hydroxyl groups excluding tert-OH is 1. The molecule has 1 atom stereocenters. The molecular formula is C15H21FN2O2. The summed E-state index contributed by atoms with van der Waals surface area (Å²) in [4.78, 5) is 13.7. The number of carbonyl (C=O) groups excluding carboxylic acids is 1. The van der Waals surface area contributed by atoms with Gasteiger partial charge in [-0.15, -0.1) is 0 Å². The molecule has 0 bridgehead atoms. The number of aliphatic hydroxyl groups is 1. The number of rotatable bonds is 5. The highest BCUT2D eigenvalue weighted by Crippen LogP contribution is 2.15. The van der Waals surface area contributed by atoms with Crippen molar-refractivity contribution in [1.82, 2.24) is 10.2 Å². The number of likely N-dealkylation sites (tertiary alicyclic amines) is 1. The summed E-state index contributed by atoms with van der Waals surface area (Å²) >= 11 is 0. The third kappa shape index (κ3) is 4.02. The Morgan fingerprint density at radius 2 is 2.00 bits per heavy atom. The van der Waals surface area contributed by atoms with Crippen molar-refractivity contribution in [1.29, 1.82) is 0 Å². The van der Waals surface area contributed by atoms with E-state index >= 15 is 0 Å². The monoisotopic (exact) mass is 280 g/mol. The highest BCUT2D eigenvalue weighted by molar-refractivity contribution is 5.78. The lowest BCUT2D eigenvalue weighted by molar-refractivity contribution is -0.131. The fourth-order valence-corrected chi connectivity index (χ4v) is 2.43. The Bertz CT molecular complexity index is 447. The van der Waals surface area contributed by atoms with Gasteiger partial charge in [-0.1, -0.05) is 18.2 Å². The van der Waals surface area contributed by atoms with Crippen molar-refractivity contribution < 1.29 is 14.3 Å². The molecule has 0 aromatic heterocycles. The van der Waals surface area contributed by atoms with Crippen LogP contribution in [0.3, 0.4) is 0 Å². The molecule has 2 rings (SSSR count). The third-order valence-corrected chi connectivity index (χ3v) is 3.59. The van der Waals surface area contributed by atoms with Crippen LogP contribution in [0.2, 0.25) is 0 Å². The molecule has 1 aliphatic rings. The van der Waals surface area contributed by atoms with Crippen molar-refractivity contribution in [2.24, 2.45) is 0 Å². The molecule has 1 fully saturated rings. The number of piperidine rings is 1. The van der Waals surface area contributed by atoms with Crippen molar-refractivity contribution in [3.8, 4) is 0 Å². The van der Waals surface area contributed by atoms with Crippen LogP contribution in [-0.2, 0) is 4.79 Å². The number of hydrogen-bond acceptors (Lipinski definition) is 3. The van der Waals surface area contributed by atoms with Gasteiger partial charge in [0.25, 0.3) is 0 Å². The summed E-state index contributed by atoms with van der Waals surface area (Å²) in [7, 11) is 0. The Labute approximate surface area is 118 Å². The van der Waals surface area contributed by atoms with Gasteiger partial charge in [-0.2, -0.15) is 0 Å². The van der Waals surface area contributed by atoms with Crippen LogP contribution >= 0.6 is 0 Å². The molecular weight excluding hydrogens is 259 g/mol. The number of carbonyl (C=O) groups is 1. The van der Waals surface area contributed by atoms with E-state index in [0.717, 1.165) is 25.9 Å². The van der Waals surface area contributed by atoms with Crippen molar-refractivity contribution in [2.75, 3.05) is 26.2 Å². The lowest BCUT2D eigenvalue weighted by Gasteiger charge is -2.27. The smallest absolute Gasteiger partial charge is 0.236 e. The summed E-state index contributed by atoms with van der Waals surface area (Å²) < 4.78 is 13.5. The third-order valence-electron chi connectivity index (χ3n) is 3.59. The van der Waals surface area contributed by atoms with Gasteiger partial charge in [0.05, 0.1) is 12.6 Å². The summed E-state index contributed by atoms with van der Waals surface area (Å²) in [6, 6.07) is 6.13. The van der Waals surface area contributed by atoms with Crippen LogP contribution in [0.1, 0.15) is 30.9 Å². The van der Waals surface area contributed by atoms with Gasteiger partial charge in [0, 0.05) is 25.2 Å². The Morgan fingerprint density at radius 3 is 2.70 bits per heavy atom. The molecule has 1 saturated heterocycles. The van der Waals surface area contributed by atoms with Gasteiger partial charge in [-0.3, -0.25) is 4.79 Å². The first-order chi connectivity index (χ1) is 9.68. The topological polar surface area (TPSA) is 52.6 Å². The minimum Gasteiger partial charge on any atom is -0.387 e. The zero-order chi connectivity index (χ0) is 14.4. The molecule has 2 N–H and O–H groups in total. The van der Waals surface area contributed by atoms with Gasteiger partial charge < -0.3 is 15.3 Å². The van der Waals surface area contributed by atoms with Gasteiger partial charge in [-0.25, -0.2) is 4.39 Å². The number of benzene rings is 1. The van der Waals surface area contributed by atoms with E-state index in [9.17, 15) is 14.3 Å². The van der Waals surface area contributed by atoms with E-state index in [1.807, 2.05) is 4.90 Å². The van der Waals surface area contributed by atoms with Crippen LogP contribution in [0, 0.1) is 5.82 Å².